The van der Waals surface area contributed by atoms with Crippen LogP contribution in [0.5, 0.6) is 11.8 Å². The number of nitrogens with one attached hydrogen (secondary N) is 1. The number of amides is 1. The van der Waals surface area contributed by atoms with Gasteiger partial charge in [-0.25, -0.2) is 5.43 Å². The third-order valence-corrected chi connectivity index (χ3v) is 4.95. The summed E-state index contributed by atoms with van der Waals surface area (Å²) >= 11 is 0. The van der Waals surface area contributed by atoms with Crippen LogP contribution in [0.3, 0.4) is 0 Å². The zero-order valence-electron chi connectivity index (χ0n) is 18.8. The van der Waals surface area contributed by atoms with E-state index in [1.54, 1.807) is 14.0 Å². The standard InChI is InChI=1S/C26H23N5O3/c1-18(19-13-15-22(33-2)16-14-19)28-29-23(32)17-34-26-27-24(20-9-5-3-6-10-20)25(30-31-26)21-11-7-4-8-12-21/h3-16H,17H2,1-2H3,(H,29,32)/b28-18+. The molecule has 0 aliphatic rings. The predicted octanol–water partition coefficient (Wildman–Crippen LogP) is 4.13. The van der Waals surface area contributed by atoms with Crippen LogP contribution in [0.1, 0.15) is 12.5 Å². The van der Waals surface area contributed by atoms with Crippen LogP contribution in [0.4, 0.5) is 0 Å². The number of carbonyl (C=O) groups is 1. The van der Waals surface area contributed by atoms with Crippen LogP contribution in [0, 0.1) is 0 Å². The molecule has 4 rings (SSSR count). The highest BCUT2D eigenvalue weighted by Gasteiger charge is 2.15. The molecule has 1 amide bonds. The summed E-state index contributed by atoms with van der Waals surface area (Å²) in [6.07, 6.45) is 0. The number of nitrogens with zero attached hydrogens (tertiary/aromatic N) is 4. The van der Waals surface area contributed by atoms with Crippen molar-refractivity contribution in [2.24, 2.45) is 5.10 Å². The molecule has 0 saturated carbocycles. The average Bonchev–Trinajstić information content (AvgIpc) is 2.91. The molecule has 0 bridgehead atoms. The molecule has 0 atom stereocenters. The van der Waals surface area contributed by atoms with Gasteiger partial charge in [-0.2, -0.15) is 10.1 Å². The summed E-state index contributed by atoms with van der Waals surface area (Å²) in [6.45, 7) is 1.49. The third-order valence-electron chi connectivity index (χ3n) is 4.95. The second kappa shape index (κ2) is 10.8. The van der Waals surface area contributed by atoms with Crippen LogP contribution in [-0.4, -0.2) is 40.5 Å². The molecule has 0 aliphatic heterocycles. The third kappa shape index (κ3) is 5.60. The van der Waals surface area contributed by atoms with Crippen molar-refractivity contribution in [2.75, 3.05) is 13.7 Å². The van der Waals surface area contributed by atoms with E-state index in [0.29, 0.717) is 17.1 Å². The minimum absolute atomic E-state index is 0.00420. The Balaban J connectivity index is 1.46. The maximum atomic E-state index is 12.3. The van der Waals surface area contributed by atoms with Crippen molar-refractivity contribution in [2.45, 2.75) is 6.92 Å². The lowest BCUT2D eigenvalue weighted by atomic mass is 10.0. The van der Waals surface area contributed by atoms with Crippen LogP contribution in [0.15, 0.2) is 90.0 Å². The number of aromatic nitrogens is 3. The van der Waals surface area contributed by atoms with E-state index in [2.05, 4.69) is 25.7 Å². The van der Waals surface area contributed by atoms with Gasteiger partial charge in [0, 0.05) is 11.1 Å². The van der Waals surface area contributed by atoms with E-state index in [-0.39, 0.29) is 12.6 Å². The van der Waals surface area contributed by atoms with E-state index in [0.717, 1.165) is 22.4 Å². The molecule has 1 aromatic heterocycles. The molecular formula is C26H23N5O3. The fourth-order valence-corrected chi connectivity index (χ4v) is 3.17. The number of rotatable bonds is 8. The van der Waals surface area contributed by atoms with Crippen LogP contribution < -0.4 is 14.9 Å². The van der Waals surface area contributed by atoms with Gasteiger partial charge in [-0.15, -0.1) is 5.10 Å². The Morgan fingerprint density at radius 3 is 2.09 bits per heavy atom. The Labute approximate surface area is 197 Å². The first-order valence-electron chi connectivity index (χ1n) is 10.6. The van der Waals surface area contributed by atoms with Gasteiger partial charge >= 0.3 is 6.01 Å². The molecule has 0 radical (unpaired) electrons. The molecule has 1 heterocycles. The van der Waals surface area contributed by atoms with E-state index >= 15 is 0 Å². The van der Waals surface area contributed by atoms with Crippen LogP contribution in [0.2, 0.25) is 0 Å². The van der Waals surface area contributed by atoms with E-state index < -0.39 is 5.91 Å². The number of hydrogen-bond acceptors (Lipinski definition) is 7. The van der Waals surface area contributed by atoms with Crippen molar-refractivity contribution in [1.29, 1.82) is 0 Å². The number of benzene rings is 3. The Bertz CT molecular complexity index is 1280. The van der Waals surface area contributed by atoms with Gasteiger partial charge in [-0.3, -0.25) is 4.79 Å². The van der Waals surface area contributed by atoms with Crippen molar-refractivity contribution in [3.05, 3.63) is 90.5 Å². The summed E-state index contributed by atoms with van der Waals surface area (Å²) in [5.41, 5.74) is 6.98. The largest absolute Gasteiger partial charge is 0.497 e. The summed E-state index contributed by atoms with van der Waals surface area (Å²) in [5.74, 6) is 0.306. The number of hydrogen-bond donors (Lipinski definition) is 1. The Hall–Kier alpha value is -4.59. The fraction of sp³-hybridized carbons (Fsp3) is 0.115. The number of hydrazone groups is 1. The average molecular weight is 454 g/mol. The van der Waals surface area contributed by atoms with E-state index in [9.17, 15) is 4.79 Å². The summed E-state index contributed by atoms with van der Waals surface area (Å²) < 4.78 is 10.7. The van der Waals surface area contributed by atoms with Gasteiger partial charge < -0.3 is 9.47 Å². The zero-order chi connectivity index (χ0) is 23.8. The molecule has 8 nitrogen and oxygen atoms in total. The van der Waals surface area contributed by atoms with Crippen molar-refractivity contribution in [3.8, 4) is 34.3 Å². The minimum atomic E-state index is -0.440. The van der Waals surface area contributed by atoms with Crippen molar-refractivity contribution < 1.29 is 14.3 Å². The molecule has 4 aromatic rings. The van der Waals surface area contributed by atoms with E-state index in [4.69, 9.17) is 9.47 Å². The van der Waals surface area contributed by atoms with Gasteiger partial charge in [0.25, 0.3) is 5.91 Å². The molecule has 0 aliphatic carbocycles. The molecular weight excluding hydrogens is 430 g/mol. The molecule has 0 saturated heterocycles. The summed E-state index contributed by atoms with van der Waals surface area (Å²) in [6, 6.07) is 26.7. The van der Waals surface area contributed by atoms with Gasteiger partial charge in [0.15, 0.2) is 6.61 Å². The molecule has 0 spiro atoms. The van der Waals surface area contributed by atoms with Crippen LogP contribution in [0.25, 0.3) is 22.5 Å². The van der Waals surface area contributed by atoms with E-state index in [1.807, 2.05) is 84.9 Å². The summed E-state index contributed by atoms with van der Waals surface area (Å²) in [7, 11) is 1.60. The molecule has 34 heavy (non-hydrogen) atoms. The maximum Gasteiger partial charge on any atom is 0.336 e. The Morgan fingerprint density at radius 2 is 1.47 bits per heavy atom. The normalized spacial score (nSPS) is 11.1. The number of ether oxygens (including phenoxy) is 2. The summed E-state index contributed by atoms with van der Waals surface area (Å²) in [5, 5.41) is 12.5. The van der Waals surface area contributed by atoms with Crippen LogP contribution >= 0.6 is 0 Å². The number of methoxy groups -OCH3 is 1. The fourth-order valence-electron chi connectivity index (χ4n) is 3.17. The maximum absolute atomic E-state index is 12.3. The zero-order valence-corrected chi connectivity index (χ0v) is 18.8. The lowest BCUT2D eigenvalue weighted by Gasteiger charge is -2.10. The summed E-state index contributed by atoms with van der Waals surface area (Å²) in [4.78, 5) is 16.8. The quantitative estimate of drug-likeness (QED) is 0.318. The van der Waals surface area contributed by atoms with Crippen molar-refractivity contribution in [3.63, 3.8) is 0 Å². The van der Waals surface area contributed by atoms with Crippen molar-refractivity contribution in [1.82, 2.24) is 20.6 Å². The SMILES string of the molecule is COc1ccc(/C(C)=N/NC(=O)COc2nnc(-c3ccccc3)c(-c3ccccc3)n2)cc1. The topological polar surface area (TPSA) is 98.6 Å². The van der Waals surface area contributed by atoms with Gasteiger partial charge in [-0.05, 0) is 36.8 Å². The second-order valence-electron chi connectivity index (χ2n) is 7.27. The monoisotopic (exact) mass is 453 g/mol. The first-order valence-corrected chi connectivity index (χ1v) is 10.6. The van der Waals surface area contributed by atoms with E-state index in [1.165, 1.54) is 0 Å². The molecule has 170 valence electrons. The smallest absolute Gasteiger partial charge is 0.336 e. The first kappa shape index (κ1) is 22.6. The molecule has 0 fully saturated rings. The molecule has 8 heteroatoms. The first-order chi connectivity index (χ1) is 16.6. The van der Waals surface area contributed by atoms with Gasteiger partial charge in [0.1, 0.15) is 17.1 Å². The van der Waals surface area contributed by atoms with Crippen LogP contribution in [-0.2, 0) is 4.79 Å². The van der Waals surface area contributed by atoms with Crippen molar-refractivity contribution >= 4 is 11.6 Å². The molecule has 1 N–H and O–H groups in total. The molecule has 0 unspecified atom stereocenters. The van der Waals surface area contributed by atoms with Gasteiger partial charge in [0.2, 0.25) is 0 Å². The highest BCUT2D eigenvalue weighted by atomic mass is 16.5. The predicted molar refractivity (Wildman–Crippen MR) is 130 cm³/mol. The number of carbonyl (C=O) groups excluding carboxylic acids is 1. The Kier molecular flexibility index (Phi) is 7.19. The van der Waals surface area contributed by atoms with Gasteiger partial charge in [0.05, 0.1) is 12.8 Å². The lowest BCUT2D eigenvalue weighted by molar-refractivity contribution is -0.123. The highest BCUT2D eigenvalue weighted by Crippen LogP contribution is 2.29. The molecule has 3 aromatic carbocycles. The highest BCUT2D eigenvalue weighted by molar-refractivity contribution is 5.99. The Morgan fingerprint density at radius 1 is 0.853 bits per heavy atom. The van der Waals surface area contributed by atoms with Gasteiger partial charge in [-0.1, -0.05) is 65.8 Å². The second-order valence-corrected chi connectivity index (χ2v) is 7.27. The minimum Gasteiger partial charge on any atom is -0.497 e. The lowest BCUT2D eigenvalue weighted by Crippen LogP contribution is -2.26.